The summed E-state index contributed by atoms with van der Waals surface area (Å²) in [7, 11) is 5.92. The van der Waals surface area contributed by atoms with Gasteiger partial charge in [-0.2, -0.15) is 5.10 Å². The molecule has 0 spiro atoms. The minimum Gasteiger partial charge on any atom is -0.492 e. The highest BCUT2D eigenvalue weighted by atomic mass is 35.5. The molecule has 1 fully saturated rings. The fourth-order valence-electron chi connectivity index (χ4n) is 3.15. The summed E-state index contributed by atoms with van der Waals surface area (Å²) in [6.07, 6.45) is 3.83. The number of nitrogens with zero attached hydrogens (tertiary/aromatic N) is 3. The third kappa shape index (κ3) is 6.38. The average Bonchev–Trinajstić information content (AvgIpc) is 3.24. The molecule has 0 unspecified atom stereocenters. The zero-order valence-electron chi connectivity index (χ0n) is 16.4. The number of benzene rings is 1. The number of carbonyl (C=O) groups is 1. The van der Waals surface area contributed by atoms with E-state index >= 15 is 0 Å². The van der Waals surface area contributed by atoms with E-state index in [2.05, 4.69) is 20.6 Å². The van der Waals surface area contributed by atoms with Gasteiger partial charge in [-0.1, -0.05) is 0 Å². The summed E-state index contributed by atoms with van der Waals surface area (Å²) in [5, 5.41) is 10.6. The van der Waals surface area contributed by atoms with Gasteiger partial charge >= 0.3 is 0 Å². The van der Waals surface area contributed by atoms with Crippen LogP contribution in [0.2, 0.25) is 0 Å². The summed E-state index contributed by atoms with van der Waals surface area (Å²) in [5.41, 5.74) is 1.88. The topological polar surface area (TPSA) is 71.4 Å². The molecule has 2 N–H and O–H groups in total. The summed E-state index contributed by atoms with van der Waals surface area (Å²) < 4.78 is 7.46. The van der Waals surface area contributed by atoms with Crippen molar-refractivity contribution in [1.82, 2.24) is 20.0 Å². The highest BCUT2D eigenvalue weighted by Crippen LogP contribution is 2.29. The lowest BCUT2D eigenvalue weighted by atomic mass is 9.90. The van der Waals surface area contributed by atoms with Gasteiger partial charge in [0.05, 0.1) is 12.1 Å². The Hall–Kier alpha value is -1.80. The van der Waals surface area contributed by atoms with Crippen molar-refractivity contribution in [3.8, 4) is 5.75 Å². The van der Waals surface area contributed by atoms with Crippen molar-refractivity contribution in [2.45, 2.75) is 5.92 Å². The van der Waals surface area contributed by atoms with Crippen molar-refractivity contribution in [3.05, 3.63) is 42.2 Å². The number of hydrogen-bond acceptors (Lipinski definition) is 5. The van der Waals surface area contributed by atoms with Crippen LogP contribution in [0, 0.1) is 5.92 Å². The Kier molecular flexibility index (Phi) is 9.75. The Morgan fingerprint density at radius 1 is 1.29 bits per heavy atom. The molecule has 1 aromatic heterocycles. The molecule has 0 bridgehead atoms. The molecule has 9 heteroatoms. The van der Waals surface area contributed by atoms with E-state index in [1.54, 1.807) is 4.68 Å². The summed E-state index contributed by atoms with van der Waals surface area (Å²) in [6.45, 7) is 2.97. The maximum Gasteiger partial charge on any atom is 0.229 e. The van der Waals surface area contributed by atoms with E-state index in [-0.39, 0.29) is 42.6 Å². The number of ether oxygens (including phenoxy) is 1. The molecule has 1 amide bonds. The lowest BCUT2D eigenvalue weighted by Crippen LogP contribution is -2.28. The minimum atomic E-state index is -0.102. The van der Waals surface area contributed by atoms with E-state index in [0.29, 0.717) is 13.2 Å². The van der Waals surface area contributed by atoms with E-state index in [1.165, 1.54) is 0 Å². The Balaban J connectivity index is 0.00000196. The maximum atomic E-state index is 12.7. The van der Waals surface area contributed by atoms with E-state index in [0.717, 1.165) is 30.1 Å². The fraction of sp³-hybridized carbons (Fsp3) is 0.474. The van der Waals surface area contributed by atoms with Crippen LogP contribution in [0.25, 0.3) is 0 Å². The van der Waals surface area contributed by atoms with Crippen molar-refractivity contribution in [2.75, 3.05) is 45.7 Å². The van der Waals surface area contributed by atoms with Gasteiger partial charge in [0.25, 0.3) is 0 Å². The molecule has 0 aliphatic carbocycles. The van der Waals surface area contributed by atoms with Gasteiger partial charge in [0, 0.05) is 44.5 Å². The lowest BCUT2D eigenvalue weighted by molar-refractivity contribution is -0.119. The van der Waals surface area contributed by atoms with Crippen LogP contribution in [0.4, 0.5) is 5.69 Å². The van der Waals surface area contributed by atoms with Gasteiger partial charge in [0.1, 0.15) is 12.4 Å². The third-order valence-corrected chi connectivity index (χ3v) is 4.63. The Bertz CT molecular complexity index is 736. The standard InChI is InChI=1S/C19H27N5O2.2ClH/c1-23(2)8-9-26-16-6-4-15(5-7-16)22-19(25)18-12-20-11-17(18)14-10-21-24(3)13-14;;/h4-7,10,13,17-18,20H,8-9,11-12H2,1-3H3,(H,22,25);2*1H/t17-,18+;;/m1../s1. The molecule has 1 aromatic carbocycles. The molecule has 2 atom stereocenters. The highest BCUT2D eigenvalue weighted by molar-refractivity contribution is 5.93. The Labute approximate surface area is 178 Å². The largest absolute Gasteiger partial charge is 0.492 e. The van der Waals surface area contributed by atoms with Crippen molar-refractivity contribution in [2.24, 2.45) is 13.0 Å². The molecular formula is C19H29Cl2N5O2. The van der Waals surface area contributed by atoms with Gasteiger partial charge in [-0.3, -0.25) is 9.48 Å². The summed E-state index contributed by atoms with van der Waals surface area (Å²) >= 11 is 0. The highest BCUT2D eigenvalue weighted by Gasteiger charge is 2.34. The number of rotatable bonds is 7. The monoisotopic (exact) mass is 429 g/mol. The van der Waals surface area contributed by atoms with Crippen molar-refractivity contribution >= 4 is 36.4 Å². The molecule has 2 aromatic rings. The zero-order valence-corrected chi connectivity index (χ0v) is 18.1. The van der Waals surface area contributed by atoms with Crippen LogP contribution in [0.3, 0.4) is 0 Å². The predicted octanol–water partition coefficient (Wildman–Crippen LogP) is 2.15. The number of nitrogens with one attached hydrogen (secondary N) is 2. The predicted molar refractivity (Wildman–Crippen MR) is 116 cm³/mol. The second-order valence-corrected chi connectivity index (χ2v) is 6.98. The molecule has 7 nitrogen and oxygen atoms in total. The van der Waals surface area contributed by atoms with E-state index in [1.807, 2.05) is 57.8 Å². The molecule has 2 heterocycles. The van der Waals surface area contributed by atoms with Crippen LogP contribution in [0.5, 0.6) is 5.75 Å². The minimum absolute atomic E-state index is 0. The molecule has 0 radical (unpaired) electrons. The second kappa shape index (κ2) is 11.3. The number of hydrogen-bond donors (Lipinski definition) is 2. The quantitative estimate of drug-likeness (QED) is 0.705. The van der Waals surface area contributed by atoms with Crippen LogP contribution in [-0.2, 0) is 11.8 Å². The number of halogens is 2. The fourth-order valence-corrected chi connectivity index (χ4v) is 3.15. The van der Waals surface area contributed by atoms with Gasteiger partial charge < -0.3 is 20.3 Å². The number of anilines is 1. The van der Waals surface area contributed by atoms with Crippen molar-refractivity contribution < 1.29 is 9.53 Å². The van der Waals surface area contributed by atoms with Crippen LogP contribution in [0.15, 0.2) is 36.7 Å². The summed E-state index contributed by atoms with van der Waals surface area (Å²) in [4.78, 5) is 14.8. The summed E-state index contributed by atoms with van der Waals surface area (Å²) in [6, 6.07) is 7.53. The number of likely N-dealkylation sites (N-methyl/N-ethyl adjacent to an activating group) is 1. The normalized spacial score (nSPS) is 18.3. The Morgan fingerprint density at radius 3 is 2.61 bits per heavy atom. The van der Waals surface area contributed by atoms with E-state index in [9.17, 15) is 4.79 Å². The Morgan fingerprint density at radius 2 is 2.00 bits per heavy atom. The van der Waals surface area contributed by atoms with Crippen molar-refractivity contribution in [3.63, 3.8) is 0 Å². The first kappa shape index (κ1) is 24.2. The SMILES string of the molecule is CN(C)CCOc1ccc(NC(=O)[C@H]2CNC[C@@H]2c2cnn(C)c2)cc1.Cl.Cl. The molecule has 28 heavy (non-hydrogen) atoms. The van der Waals surface area contributed by atoms with Crippen LogP contribution in [-0.4, -0.2) is 60.9 Å². The number of carbonyl (C=O) groups excluding carboxylic acids is 1. The molecule has 3 rings (SSSR count). The average molecular weight is 430 g/mol. The number of amides is 1. The van der Waals surface area contributed by atoms with Gasteiger partial charge in [-0.15, -0.1) is 24.8 Å². The molecular weight excluding hydrogens is 401 g/mol. The molecule has 1 aliphatic rings. The van der Waals surface area contributed by atoms with Gasteiger partial charge in [0.2, 0.25) is 5.91 Å². The van der Waals surface area contributed by atoms with E-state index < -0.39 is 0 Å². The van der Waals surface area contributed by atoms with Crippen LogP contribution in [0.1, 0.15) is 11.5 Å². The molecule has 0 saturated carbocycles. The maximum absolute atomic E-state index is 12.7. The lowest BCUT2D eigenvalue weighted by Gasteiger charge is -2.17. The van der Waals surface area contributed by atoms with Crippen LogP contribution < -0.4 is 15.4 Å². The number of aromatic nitrogens is 2. The zero-order chi connectivity index (χ0) is 18.5. The first-order valence-corrected chi connectivity index (χ1v) is 8.90. The third-order valence-electron chi connectivity index (χ3n) is 4.63. The smallest absolute Gasteiger partial charge is 0.229 e. The van der Waals surface area contributed by atoms with Crippen molar-refractivity contribution in [1.29, 1.82) is 0 Å². The molecule has 1 aliphatic heterocycles. The van der Waals surface area contributed by atoms with E-state index in [4.69, 9.17) is 4.74 Å². The first-order chi connectivity index (χ1) is 12.5. The van der Waals surface area contributed by atoms with Crippen LogP contribution >= 0.6 is 24.8 Å². The number of aryl methyl sites for hydroxylation is 1. The molecule has 156 valence electrons. The van der Waals surface area contributed by atoms with Gasteiger partial charge in [-0.05, 0) is 43.9 Å². The van der Waals surface area contributed by atoms with Gasteiger partial charge in [-0.25, -0.2) is 0 Å². The molecule has 1 saturated heterocycles. The summed E-state index contributed by atoms with van der Waals surface area (Å²) in [5.74, 6) is 0.887. The first-order valence-electron chi connectivity index (χ1n) is 8.90. The second-order valence-electron chi connectivity index (χ2n) is 6.98. The van der Waals surface area contributed by atoms with Gasteiger partial charge in [0.15, 0.2) is 0 Å².